The summed E-state index contributed by atoms with van der Waals surface area (Å²) >= 11 is 9.92. The first-order valence-electron chi connectivity index (χ1n) is 8.44. The molecule has 2 atom stereocenters. The van der Waals surface area contributed by atoms with E-state index in [-0.39, 0.29) is 0 Å². The van der Waals surface area contributed by atoms with Crippen LogP contribution in [0.1, 0.15) is 29.5 Å². The highest BCUT2D eigenvalue weighted by Gasteiger charge is 2.32. The molecule has 0 N–H and O–H groups in total. The van der Waals surface area contributed by atoms with Gasteiger partial charge in [0, 0.05) is 28.6 Å². The van der Waals surface area contributed by atoms with Crippen molar-refractivity contribution in [1.29, 1.82) is 0 Å². The molecule has 2 aromatic carbocycles. The summed E-state index contributed by atoms with van der Waals surface area (Å²) in [5.74, 6) is 0.767. The van der Waals surface area contributed by atoms with Gasteiger partial charge in [0.15, 0.2) is 0 Å². The van der Waals surface area contributed by atoms with Crippen LogP contribution < -0.4 is 0 Å². The van der Waals surface area contributed by atoms with E-state index in [1.165, 1.54) is 47.8 Å². The van der Waals surface area contributed by atoms with Crippen molar-refractivity contribution in [2.75, 3.05) is 6.54 Å². The zero-order chi connectivity index (χ0) is 15.8. The van der Waals surface area contributed by atoms with Gasteiger partial charge in [-0.25, -0.2) is 0 Å². The number of piperidine rings is 1. The Kier molecular flexibility index (Phi) is 4.49. The van der Waals surface area contributed by atoms with Gasteiger partial charge in [-0.1, -0.05) is 51.8 Å². The van der Waals surface area contributed by atoms with E-state index in [0.29, 0.717) is 6.04 Å². The van der Waals surface area contributed by atoms with Crippen molar-refractivity contribution in [3.05, 3.63) is 68.7 Å². The van der Waals surface area contributed by atoms with Crippen LogP contribution in [-0.4, -0.2) is 17.5 Å². The second-order valence-electron chi connectivity index (χ2n) is 6.94. The van der Waals surface area contributed by atoms with Crippen LogP contribution >= 0.6 is 27.5 Å². The molecule has 2 aliphatic heterocycles. The Bertz CT molecular complexity index is 715. The van der Waals surface area contributed by atoms with Crippen molar-refractivity contribution in [3.8, 4) is 0 Å². The normalized spacial score (nSPS) is 24.1. The lowest BCUT2D eigenvalue weighted by Crippen LogP contribution is -2.46. The molecule has 0 aromatic heterocycles. The predicted molar refractivity (Wildman–Crippen MR) is 99.9 cm³/mol. The first-order valence-corrected chi connectivity index (χ1v) is 9.61. The lowest BCUT2D eigenvalue weighted by molar-refractivity contribution is 0.0937. The van der Waals surface area contributed by atoms with Gasteiger partial charge in [-0.15, -0.1) is 0 Å². The molecule has 0 unspecified atom stereocenters. The summed E-state index contributed by atoms with van der Waals surface area (Å²) in [6.07, 6.45) is 5.05. The zero-order valence-electron chi connectivity index (χ0n) is 13.1. The Hall–Kier alpha value is -0.830. The van der Waals surface area contributed by atoms with Crippen molar-refractivity contribution in [2.45, 2.75) is 38.3 Å². The molecule has 0 saturated carbocycles. The molecule has 2 heterocycles. The summed E-state index contributed by atoms with van der Waals surface area (Å²) in [6, 6.07) is 15.7. The van der Waals surface area contributed by atoms with Gasteiger partial charge in [0.25, 0.3) is 0 Å². The van der Waals surface area contributed by atoms with Gasteiger partial charge in [-0.05, 0) is 66.5 Å². The maximum absolute atomic E-state index is 6.16. The summed E-state index contributed by atoms with van der Waals surface area (Å²) < 4.78 is 1.30. The lowest BCUT2D eigenvalue weighted by atomic mass is 9.80. The lowest BCUT2D eigenvalue weighted by Gasteiger charge is -2.42. The maximum atomic E-state index is 6.16. The summed E-state index contributed by atoms with van der Waals surface area (Å²) in [5, 5.41) is 0.842. The molecule has 0 amide bonds. The van der Waals surface area contributed by atoms with Gasteiger partial charge in [0.2, 0.25) is 0 Å². The van der Waals surface area contributed by atoms with Crippen LogP contribution in [-0.2, 0) is 19.4 Å². The third-order valence-corrected chi connectivity index (χ3v) is 6.33. The predicted octanol–water partition coefficient (Wildman–Crippen LogP) is 5.48. The molecule has 120 valence electrons. The molecular weight excluding hydrogens is 370 g/mol. The van der Waals surface area contributed by atoms with E-state index >= 15 is 0 Å². The Balaban J connectivity index is 1.60. The van der Waals surface area contributed by atoms with Crippen LogP contribution in [0.25, 0.3) is 0 Å². The monoisotopic (exact) mass is 389 g/mol. The van der Waals surface area contributed by atoms with E-state index in [0.717, 1.165) is 17.5 Å². The Morgan fingerprint density at radius 2 is 1.96 bits per heavy atom. The van der Waals surface area contributed by atoms with E-state index in [2.05, 4.69) is 57.2 Å². The summed E-state index contributed by atoms with van der Waals surface area (Å²) in [7, 11) is 0. The van der Waals surface area contributed by atoms with Crippen LogP contribution in [0.5, 0.6) is 0 Å². The van der Waals surface area contributed by atoms with E-state index in [4.69, 9.17) is 11.6 Å². The quantitative estimate of drug-likeness (QED) is 0.656. The molecule has 0 spiro atoms. The Labute approximate surface area is 151 Å². The van der Waals surface area contributed by atoms with Gasteiger partial charge in [0.1, 0.15) is 0 Å². The second kappa shape index (κ2) is 6.58. The minimum atomic E-state index is 0.651. The summed E-state index contributed by atoms with van der Waals surface area (Å²) in [5.41, 5.74) is 4.41. The minimum absolute atomic E-state index is 0.651. The van der Waals surface area contributed by atoms with Crippen molar-refractivity contribution >= 4 is 27.5 Å². The molecule has 3 aliphatic rings. The molecule has 1 saturated heterocycles. The molecule has 1 aliphatic carbocycles. The van der Waals surface area contributed by atoms with Crippen molar-refractivity contribution in [2.24, 2.45) is 5.92 Å². The van der Waals surface area contributed by atoms with Gasteiger partial charge >= 0.3 is 0 Å². The zero-order valence-corrected chi connectivity index (χ0v) is 15.5. The van der Waals surface area contributed by atoms with Crippen molar-refractivity contribution in [3.63, 3.8) is 0 Å². The fourth-order valence-electron chi connectivity index (χ4n) is 4.21. The number of hydrogen-bond donors (Lipinski definition) is 0. The van der Waals surface area contributed by atoms with Crippen molar-refractivity contribution < 1.29 is 0 Å². The molecular formula is C20H21BrClN. The summed E-state index contributed by atoms with van der Waals surface area (Å²) in [6.45, 7) is 2.23. The largest absolute Gasteiger partial charge is 0.296 e. The topological polar surface area (TPSA) is 3.24 Å². The molecule has 1 nitrogen and oxygen atoms in total. The smallest absolute Gasteiger partial charge is 0.0409 e. The maximum Gasteiger partial charge on any atom is 0.0409 e. The van der Waals surface area contributed by atoms with Crippen LogP contribution in [0.2, 0.25) is 5.02 Å². The van der Waals surface area contributed by atoms with Crippen LogP contribution in [0, 0.1) is 5.92 Å². The first-order chi connectivity index (χ1) is 11.2. The number of fused-ring (bicyclic) bond motifs is 2. The number of benzene rings is 2. The van der Waals surface area contributed by atoms with Crippen molar-refractivity contribution in [1.82, 2.24) is 4.90 Å². The highest BCUT2D eigenvalue weighted by molar-refractivity contribution is 9.10. The van der Waals surface area contributed by atoms with Crippen LogP contribution in [0.4, 0.5) is 0 Å². The van der Waals surface area contributed by atoms with Gasteiger partial charge in [-0.2, -0.15) is 0 Å². The molecule has 5 rings (SSSR count). The number of hydrogen-bond acceptors (Lipinski definition) is 1. The Morgan fingerprint density at radius 3 is 2.83 bits per heavy atom. The average molecular weight is 391 g/mol. The Morgan fingerprint density at radius 1 is 1.09 bits per heavy atom. The fraction of sp³-hybridized carbons (Fsp3) is 0.400. The molecule has 1 fully saturated rings. The highest BCUT2D eigenvalue weighted by atomic mass is 79.9. The van der Waals surface area contributed by atoms with Gasteiger partial charge in [-0.3, -0.25) is 4.90 Å². The average Bonchev–Trinajstić information content (AvgIpc) is 2.50. The third kappa shape index (κ3) is 3.35. The fourth-order valence-corrected chi connectivity index (χ4v) is 4.99. The standard InChI is InChI=1S/C20H21BrClN/c21-20-6-2-4-16-11-18-8-7-15(10-19(16)20)13-23(18)12-14-3-1-5-17(22)9-14/h1-6,9,15,18H,7-8,10-13H2/t15-,18+/m0/s1. The van der Waals surface area contributed by atoms with Gasteiger partial charge < -0.3 is 0 Å². The van der Waals surface area contributed by atoms with E-state index in [1.807, 2.05) is 6.07 Å². The molecule has 3 heteroatoms. The minimum Gasteiger partial charge on any atom is -0.296 e. The summed E-state index contributed by atoms with van der Waals surface area (Å²) in [4.78, 5) is 2.68. The van der Waals surface area contributed by atoms with E-state index < -0.39 is 0 Å². The van der Waals surface area contributed by atoms with E-state index in [1.54, 1.807) is 5.56 Å². The second-order valence-corrected chi connectivity index (χ2v) is 8.23. The highest BCUT2D eigenvalue weighted by Crippen LogP contribution is 2.35. The molecule has 0 radical (unpaired) electrons. The SMILES string of the molecule is Clc1cccc(CN2C[C@H]3CC[C@@H]2Cc2cccc(Br)c2C3)c1. The third-order valence-electron chi connectivity index (χ3n) is 5.36. The van der Waals surface area contributed by atoms with E-state index in [9.17, 15) is 0 Å². The molecule has 23 heavy (non-hydrogen) atoms. The van der Waals surface area contributed by atoms with Gasteiger partial charge in [0.05, 0.1) is 0 Å². The van der Waals surface area contributed by atoms with Crippen LogP contribution in [0.3, 0.4) is 0 Å². The van der Waals surface area contributed by atoms with Crippen LogP contribution in [0.15, 0.2) is 46.9 Å². The number of rotatable bonds is 2. The molecule has 2 aromatic rings. The number of halogens is 2. The number of nitrogens with zero attached hydrogens (tertiary/aromatic N) is 1. The first kappa shape index (κ1) is 15.7. The molecule has 2 bridgehead atoms.